The Labute approximate surface area is 99.1 Å². The van der Waals surface area contributed by atoms with Gasteiger partial charge in [-0.2, -0.15) is 0 Å². The molecule has 1 aromatic rings. The number of rotatable bonds is 3. The van der Waals surface area contributed by atoms with Crippen molar-refractivity contribution in [1.82, 2.24) is 10.3 Å². The van der Waals surface area contributed by atoms with Crippen molar-refractivity contribution >= 4 is 10.8 Å². The summed E-state index contributed by atoms with van der Waals surface area (Å²) in [6.07, 6.45) is 5.36. The van der Waals surface area contributed by atoms with Gasteiger partial charge in [0.1, 0.15) is 5.03 Å². The van der Waals surface area contributed by atoms with Gasteiger partial charge in [0.25, 0.3) is 0 Å². The standard InChI is InChI=1S/C12H18N2OS/c1-10-5-7-14-12(8-10)16(15)9-11-4-2-3-6-13-11/h5,7-8,11,13H,2-4,6,9H2,1H3/t11-,16+/m0/s1. The molecule has 2 rings (SSSR count). The molecule has 1 fully saturated rings. The third-order valence-corrected chi connectivity index (χ3v) is 4.28. The Kier molecular flexibility index (Phi) is 4.07. The molecule has 2 heterocycles. The van der Waals surface area contributed by atoms with Crippen molar-refractivity contribution in [3.05, 3.63) is 23.9 Å². The number of nitrogens with zero attached hydrogens (tertiary/aromatic N) is 1. The van der Waals surface area contributed by atoms with Gasteiger partial charge in [-0.1, -0.05) is 6.42 Å². The summed E-state index contributed by atoms with van der Waals surface area (Å²) in [5, 5.41) is 4.13. The van der Waals surface area contributed by atoms with E-state index >= 15 is 0 Å². The second kappa shape index (κ2) is 5.55. The van der Waals surface area contributed by atoms with Gasteiger partial charge in [-0.05, 0) is 44.0 Å². The first kappa shape index (κ1) is 11.7. The van der Waals surface area contributed by atoms with Crippen LogP contribution in [0.15, 0.2) is 23.4 Å². The molecule has 88 valence electrons. The van der Waals surface area contributed by atoms with E-state index in [1.165, 1.54) is 12.8 Å². The monoisotopic (exact) mass is 238 g/mol. The van der Waals surface area contributed by atoms with Crippen molar-refractivity contribution < 1.29 is 4.21 Å². The Morgan fingerprint density at radius 3 is 3.12 bits per heavy atom. The van der Waals surface area contributed by atoms with Gasteiger partial charge in [-0.25, -0.2) is 4.98 Å². The van der Waals surface area contributed by atoms with Gasteiger partial charge in [0.05, 0.1) is 10.8 Å². The highest BCUT2D eigenvalue weighted by molar-refractivity contribution is 7.85. The van der Waals surface area contributed by atoms with Gasteiger partial charge in [0.2, 0.25) is 0 Å². The minimum absolute atomic E-state index is 0.400. The molecule has 0 aromatic carbocycles. The van der Waals surface area contributed by atoms with Crippen LogP contribution in [0, 0.1) is 6.92 Å². The maximum atomic E-state index is 12.1. The molecule has 1 aliphatic heterocycles. The molecule has 0 unspecified atom stereocenters. The normalized spacial score (nSPS) is 22.9. The van der Waals surface area contributed by atoms with Gasteiger partial charge in [-0.3, -0.25) is 4.21 Å². The number of hydrogen-bond donors (Lipinski definition) is 1. The highest BCUT2D eigenvalue weighted by Gasteiger charge is 2.17. The molecule has 0 bridgehead atoms. The lowest BCUT2D eigenvalue weighted by atomic mass is 10.1. The lowest BCUT2D eigenvalue weighted by Gasteiger charge is -2.22. The fraction of sp³-hybridized carbons (Fsp3) is 0.583. The zero-order valence-corrected chi connectivity index (χ0v) is 10.4. The lowest BCUT2D eigenvalue weighted by molar-refractivity contribution is 0.427. The number of pyridine rings is 1. The summed E-state index contributed by atoms with van der Waals surface area (Å²) >= 11 is 0. The summed E-state index contributed by atoms with van der Waals surface area (Å²) in [6.45, 7) is 3.06. The first-order valence-corrected chi connectivity index (χ1v) is 7.12. The minimum Gasteiger partial charge on any atom is -0.313 e. The summed E-state index contributed by atoms with van der Waals surface area (Å²) < 4.78 is 12.1. The highest BCUT2D eigenvalue weighted by atomic mass is 32.2. The Morgan fingerprint density at radius 1 is 1.56 bits per heavy atom. The molecule has 0 saturated carbocycles. The zero-order chi connectivity index (χ0) is 11.4. The SMILES string of the molecule is Cc1ccnc([S@](=O)C[C@@H]2CCCCN2)c1. The van der Waals surface area contributed by atoms with Crippen LogP contribution in [0.2, 0.25) is 0 Å². The van der Waals surface area contributed by atoms with Crippen molar-refractivity contribution in [2.24, 2.45) is 0 Å². The van der Waals surface area contributed by atoms with Crippen LogP contribution < -0.4 is 5.32 Å². The molecular weight excluding hydrogens is 220 g/mol. The van der Waals surface area contributed by atoms with E-state index in [9.17, 15) is 4.21 Å². The molecular formula is C12H18N2OS. The van der Waals surface area contributed by atoms with E-state index in [1.54, 1.807) is 6.20 Å². The second-order valence-electron chi connectivity index (χ2n) is 4.33. The molecule has 3 nitrogen and oxygen atoms in total. The van der Waals surface area contributed by atoms with E-state index in [0.29, 0.717) is 16.8 Å². The number of nitrogens with one attached hydrogen (secondary N) is 1. The van der Waals surface area contributed by atoms with Crippen LogP contribution in [-0.4, -0.2) is 27.5 Å². The average molecular weight is 238 g/mol. The largest absolute Gasteiger partial charge is 0.313 e. The minimum atomic E-state index is -0.965. The molecule has 1 N–H and O–H groups in total. The zero-order valence-electron chi connectivity index (χ0n) is 9.61. The predicted octanol–water partition coefficient (Wildman–Crippen LogP) is 1.64. The summed E-state index contributed by atoms with van der Waals surface area (Å²) in [5.41, 5.74) is 1.12. The molecule has 0 spiro atoms. The molecule has 0 aliphatic carbocycles. The van der Waals surface area contributed by atoms with Crippen molar-refractivity contribution in [2.75, 3.05) is 12.3 Å². The van der Waals surface area contributed by atoms with E-state index in [4.69, 9.17) is 0 Å². The molecule has 1 saturated heterocycles. The van der Waals surface area contributed by atoms with Crippen LogP contribution in [0.4, 0.5) is 0 Å². The highest BCUT2D eigenvalue weighted by Crippen LogP contribution is 2.12. The van der Waals surface area contributed by atoms with Crippen molar-refractivity contribution in [3.8, 4) is 0 Å². The number of hydrogen-bond acceptors (Lipinski definition) is 3. The van der Waals surface area contributed by atoms with Gasteiger partial charge < -0.3 is 5.32 Å². The van der Waals surface area contributed by atoms with Crippen LogP contribution in [0.5, 0.6) is 0 Å². The Morgan fingerprint density at radius 2 is 2.44 bits per heavy atom. The lowest BCUT2D eigenvalue weighted by Crippen LogP contribution is -2.38. The van der Waals surface area contributed by atoms with E-state index in [2.05, 4.69) is 10.3 Å². The predicted molar refractivity (Wildman–Crippen MR) is 65.9 cm³/mol. The molecule has 0 amide bonds. The van der Waals surface area contributed by atoms with Gasteiger partial charge in [0.15, 0.2) is 0 Å². The second-order valence-corrected chi connectivity index (χ2v) is 5.77. The quantitative estimate of drug-likeness (QED) is 0.870. The topological polar surface area (TPSA) is 42.0 Å². The van der Waals surface area contributed by atoms with E-state index < -0.39 is 10.8 Å². The Balaban J connectivity index is 1.97. The molecule has 16 heavy (non-hydrogen) atoms. The van der Waals surface area contributed by atoms with Crippen LogP contribution in [-0.2, 0) is 10.8 Å². The third kappa shape index (κ3) is 3.12. The average Bonchev–Trinajstić information content (AvgIpc) is 2.30. The number of piperidine rings is 1. The number of aryl methyl sites for hydroxylation is 1. The maximum Gasteiger partial charge on any atom is 0.127 e. The summed E-state index contributed by atoms with van der Waals surface area (Å²) in [4.78, 5) is 4.18. The molecule has 2 atom stereocenters. The van der Waals surface area contributed by atoms with Gasteiger partial charge in [0, 0.05) is 18.0 Å². The fourth-order valence-electron chi connectivity index (χ4n) is 1.97. The van der Waals surface area contributed by atoms with Crippen LogP contribution in [0.25, 0.3) is 0 Å². The first-order valence-electron chi connectivity index (χ1n) is 5.80. The van der Waals surface area contributed by atoms with Crippen LogP contribution in [0.1, 0.15) is 24.8 Å². The molecule has 0 radical (unpaired) electrons. The van der Waals surface area contributed by atoms with E-state index in [-0.39, 0.29) is 0 Å². The van der Waals surface area contributed by atoms with Crippen LogP contribution >= 0.6 is 0 Å². The molecule has 4 heteroatoms. The summed E-state index contributed by atoms with van der Waals surface area (Å²) in [6, 6.07) is 4.25. The van der Waals surface area contributed by atoms with Gasteiger partial charge >= 0.3 is 0 Å². The summed E-state index contributed by atoms with van der Waals surface area (Å²) in [7, 11) is -0.965. The van der Waals surface area contributed by atoms with Crippen molar-refractivity contribution in [3.63, 3.8) is 0 Å². The number of aromatic nitrogens is 1. The van der Waals surface area contributed by atoms with Crippen molar-refractivity contribution in [1.29, 1.82) is 0 Å². The molecule has 1 aromatic heterocycles. The first-order chi connectivity index (χ1) is 7.75. The maximum absolute atomic E-state index is 12.1. The Bertz CT molecular complexity index is 375. The smallest absolute Gasteiger partial charge is 0.127 e. The summed E-state index contributed by atoms with van der Waals surface area (Å²) in [5.74, 6) is 0.691. The fourth-order valence-corrected chi connectivity index (χ4v) is 3.28. The van der Waals surface area contributed by atoms with E-state index in [1.807, 2.05) is 19.1 Å². The Hall–Kier alpha value is -0.740. The van der Waals surface area contributed by atoms with Crippen LogP contribution in [0.3, 0.4) is 0 Å². The molecule has 1 aliphatic rings. The van der Waals surface area contributed by atoms with Gasteiger partial charge in [-0.15, -0.1) is 0 Å². The van der Waals surface area contributed by atoms with Crippen molar-refractivity contribution in [2.45, 2.75) is 37.3 Å². The van der Waals surface area contributed by atoms with E-state index in [0.717, 1.165) is 18.5 Å². The third-order valence-electron chi connectivity index (χ3n) is 2.89.